The number of methoxy groups -OCH3 is 1. The highest BCUT2D eigenvalue weighted by Gasteiger charge is 2.10. The Balaban J connectivity index is 2.95. The van der Waals surface area contributed by atoms with Crippen LogP contribution in [-0.4, -0.2) is 20.4 Å². The van der Waals surface area contributed by atoms with Gasteiger partial charge in [0.2, 0.25) is 0 Å². The monoisotopic (exact) mass is 249 g/mol. The van der Waals surface area contributed by atoms with E-state index >= 15 is 0 Å². The molecule has 1 aromatic rings. The molecule has 0 aliphatic heterocycles. The molecule has 0 radical (unpaired) electrons. The molecule has 1 aromatic carbocycles. The number of hydrogen-bond donors (Lipinski definition) is 2. The summed E-state index contributed by atoms with van der Waals surface area (Å²) in [5, 5.41) is 0. The van der Waals surface area contributed by atoms with Crippen LogP contribution in [0.4, 0.5) is 10.1 Å². The summed E-state index contributed by atoms with van der Waals surface area (Å²) in [4.78, 5) is 4.15. The van der Waals surface area contributed by atoms with Gasteiger partial charge in [0.1, 0.15) is 11.6 Å². The molecule has 1 rings (SSSR count). The van der Waals surface area contributed by atoms with Crippen LogP contribution >= 0.6 is 0 Å². The topological polar surface area (TPSA) is 45.6 Å². The molecule has 0 heterocycles. The molecule has 5 heteroatoms. The maximum atomic E-state index is 13.7. The van der Waals surface area contributed by atoms with Gasteiger partial charge in [-0.3, -0.25) is 4.99 Å². The van der Waals surface area contributed by atoms with Gasteiger partial charge in [-0.2, -0.15) is 0 Å². The first-order chi connectivity index (χ1) is 8.70. The van der Waals surface area contributed by atoms with Crippen molar-refractivity contribution in [3.63, 3.8) is 0 Å². The summed E-state index contributed by atoms with van der Waals surface area (Å²) in [6, 6.07) is 4.62. The van der Waals surface area contributed by atoms with Crippen molar-refractivity contribution in [1.29, 1.82) is 0 Å². The van der Waals surface area contributed by atoms with Crippen molar-refractivity contribution in [2.75, 3.05) is 14.2 Å². The number of halogens is 1. The van der Waals surface area contributed by atoms with Gasteiger partial charge in [0.25, 0.3) is 0 Å². The summed E-state index contributed by atoms with van der Waals surface area (Å²) >= 11 is 0. The van der Waals surface area contributed by atoms with E-state index in [4.69, 9.17) is 4.74 Å². The van der Waals surface area contributed by atoms with Gasteiger partial charge in [0.05, 0.1) is 18.4 Å². The summed E-state index contributed by atoms with van der Waals surface area (Å²) in [6.07, 6.45) is 4.89. The molecule has 0 atom stereocenters. The molecule has 0 fully saturated rings. The van der Waals surface area contributed by atoms with Crippen LogP contribution in [0.5, 0.6) is 0 Å². The van der Waals surface area contributed by atoms with E-state index in [0.717, 1.165) is 0 Å². The van der Waals surface area contributed by atoms with E-state index in [1.165, 1.54) is 13.2 Å². The number of hydrogen-bond acceptors (Lipinski definition) is 4. The van der Waals surface area contributed by atoms with E-state index in [-0.39, 0.29) is 11.3 Å². The van der Waals surface area contributed by atoms with Crippen LogP contribution in [-0.2, 0) is 4.74 Å². The van der Waals surface area contributed by atoms with E-state index in [1.54, 1.807) is 37.7 Å². The zero-order valence-electron chi connectivity index (χ0n) is 10.4. The van der Waals surface area contributed by atoms with Crippen molar-refractivity contribution in [1.82, 2.24) is 10.9 Å². The van der Waals surface area contributed by atoms with Crippen LogP contribution in [0.15, 0.2) is 42.0 Å². The number of benzene rings is 1. The summed E-state index contributed by atoms with van der Waals surface area (Å²) in [6.45, 7) is 3.65. The minimum absolute atomic E-state index is 0.248. The molecule has 18 heavy (non-hydrogen) atoms. The van der Waals surface area contributed by atoms with Gasteiger partial charge in [-0.05, 0) is 18.2 Å². The molecule has 96 valence electrons. The van der Waals surface area contributed by atoms with E-state index in [9.17, 15) is 4.39 Å². The lowest BCUT2D eigenvalue weighted by molar-refractivity contribution is 0.368. The first kappa shape index (κ1) is 13.9. The van der Waals surface area contributed by atoms with Gasteiger partial charge >= 0.3 is 0 Å². The van der Waals surface area contributed by atoms with Gasteiger partial charge in [-0.1, -0.05) is 12.6 Å². The highest BCUT2D eigenvalue weighted by atomic mass is 19.1. The Kier molecular flexibility index (Phi) is 5.60. The quantitative estimate of drug-likeness (QED) is 0.462. The molecule has 0 saturated heterocycles. The van der Waals surface area contributed by atoms with Crippen LogP contribution < -0.4 is 10.9 Å². The second-order valence-corrected chi connectivity index (χ2v) is 3.29. The minimum Gasteiger partial charge on any atom is -0.497 e. The summed E-state index contributed by atoms with van der Waals surface area (Å²) in [5.41, 5.74) is 6.22. The Morgan fingerprint density at radius 3 is 2.94 bits per heavy atom. The lowest BCUT2D eigenvalue weighted by atomic mass is 10.1. The van der Waals surface area contributed by atoms with Crippen molar-refractivity contribution >= 4 is 17.7 Å². The van der Waals surface area contributed by atoms with Crippen LogP contribution in [0.2, 0.25) is 0 Å². The second-order valence-electron chi connectivity index (χ2n) is 3.29. The predicted molar refractivity (Wildman–Crippen MR) is 71.9 cm³/mol. The smallest absolute Gasteiger partial charge is 0.136 e. The Bertz CT molecular complexity index is 469. The van der Waals surface area contributed by atoms with E-state index in [0.29, 0.717) is 5.69 Å². The summed E-state index contributed by atoms with van der Waals surface area (Å²) in [5.74, 6) is -0.161. The fourth-order valence-electron chi connectivity index (χ4n) is 1.30. The number of aliphatic imine (C=N–C) groups is 1. The molecule has 0 saturated carbocycles. The number of hydrazine groups is 1. The van der Waals surface area contributed by atoms with Crippen LogP contribution in [0, 0.1) is 5.82 Å². The standard InChI is InChI=1S/C13H16FN3O/c1-10(18-3)13-11(14)6-4-7-12(13)16-8-5-9-17-15-2/h4-9,15,17H,1H2,2-3H3. The fourth-order valence-corrected chi connectivity index (χ4v) is 1.30. The van der Waals surface area contributed by atoms with Crippen molar-refractivity contribution < 1.29 is 9.13 Å². The van der Waals surface area contributed by atoms with Gasteiger partial charge in [0.15, 0.2) is 0 Å². The third-order valence-electron chi connectivity index (χ3n) is 2.14. The molecule has 0 spiro atoms. The number of nitrogens with one attached hydrogen (secondary N) is 2. The maximum absolute atomic E-state index is 13.7. The fraction of sp³-hybridized carbons (Fsp3) is 0.154. The lowest BCUT2D eigenvalue weighted by Crippen LogP contribution is -2.20. The average molecular weight is 249 g/mol. The Morgan fingerprint density at radius 2 is 2.28 bits per heavy atom. The molecule has 0 aliphatic rings. The molecule has 0 aromatic heterocycles. The zero-order valence-corrected chi connectivity index (χ0v) is 10.4. The normalized spacial score (nSPS) is 11.1. The van der Waals surface area contributed by atoms with Crippen LogP contribution in [0.25, 0.3) is 5.76 Å². The van der Waals surface area contributed by atoms with E-state index < -0.39 is 5.82 Å². The number of ether oxygens (including phenoxy) is 1. The molecular formula is C13H16FN3O. The molecule has 0 bridgehead atoms. The van der Waals surface area contributed by atoms with Gasteiger partial charge in [0, 0.05) is 19.5 Å². The van der Waals surface area contributed by atoms with Crippen LogP contribution in [0.3, 0.4) is 0 Å². The van der Waals surface area contributed by atoms with Crippen molar-refractivity contribution in [2.45, 2.75) is 0 Å². The number of allylic oxidation sites excluding steroid dienone is 1. The van der Waals surface area contributed by atoms with Crippen molar-refractivity contribution in [3.8, 4) is 0 Å². The average Bonchev–Trinajstić information content (AvgIpc) is 2.38. The van der Waals surface area contributed by atoms with E-state index in [1.807, 2.05) is 0 Å². The Morgan fingerprint density at radius 1 is 1.50 bits per heavy atom. The molecule has 0 amide bonds. The third-order valence-corrected chi connectivity index (χ3v) is 2.14. The molecule has 0 unspecified atom stereocenters. The summed E-state index contributed by atoms with van der Waals surface area (Å²) in [7, 11) is 3.19. The maximum Gasteiger partial charge on any atom is 0.136 e. The van der Waals surface area contributed by atoms with Gasteiger partial charge in [-0.25, -0.2) is 9.82 Å². The van der Waals surface area contributed by atoms with Crippen molar-refractivity contribution in [3.05, 3.63) is 48.4 Å². The molecule has 4 nitrogen and oxygen atoms in total. The number of nitrogens with zero attached hydrogens (tertiary/aromatic N) is 1. The SMILES string of the molecule is C=C(OC)c1c(F)cccc1N=CC=CNNC. The first-order valence-electron chi connectivity index (χ1n) is 5.34. The zero-order chi connectivity index (χ0) is 13.4. The molecular weight excluding hydrogens is 233 g/mol. The highest BCUT2D eigenvalue weighted by molar-refractivity contribution is 5.78. The lowest BCUT2D eigenvalue weighted by Gasteiger charge is -2.08. The highest BCUT2D eigenvalue weighted by Crippen LogP contribution is 2.28. The third kappa shape index (κ3) is 3.71. The van der Waals surface area contributed by atoms with Gasteiger partial charge < -0.3 is 10.2 Å². The number of rotatable bonds is 6. The Hall–Kier alpha value is -2.14. The minimum atomic E-state index is -0.408. The van der Waals surface area contributed by atoms with Gasteiger partial charge in [-0.15, -0.1) is 0 Å². The van der Waals surface area contributed by atoms with Crippen LogP contribution in [0.1, 0.15) is 5.56 Å². The second kappa shape index (κ2) is 7.24. The largest absolute Gasteiger partial charge is 0.497 e. The summed E-state index contributed by atoms with van der Waals surface area (Å²) < 4.78 is 18.6. The van der Waals surface area contributed by atoms with Crippen molar-refractivity contribution in [2.24, 2.45) is 4.99 Å². The molecule has 0 aliphatic carbocycles. The van der Waals surface area contributed by atoms with E-state index in [2.05, 4.69) is 22.4 Å². The first-order valence-corrected chi connectivity index (χ1v) is 5.34. The predicted octanol–water partition coefficient (Wildman–Crippen LogP) is 2.38. The Labute approximate surface area is 106 Å². The molecule has 2 N–H and O–H groups in total.